The van der Waals surface area contributed by atoms with Gasteiger partial charge in [-0.2, -0.15) is 0 Å². The lowest BCUT2D eigenvalue weighted by molar-refractivity contribution is -0.170. The summed E-state index contributed by atoms with van der Waals surface area (Å²) in [7, 11) is 0. The maximum Gasteiger partial charge on any atom is 0.347 e. The molecule has 0 aromatic carbocycles. The minimum atomic E-state index is -2.25. The molecule has 1 unspecified atom stereocenters. The van der Waals surface area contributed by atoms with Crippen LogP contribution in [0.3, 0.4) is 0 Å². The minimum absolute atomic E-state index is 0.0376. The summed E-state index contributed by atoms with van der Waals surface area (Å²) in [5.41, 5.74) is 4.79. The Kier molecular flexibility index (Phi) is 10.6. The van der Waals surface area contributed by atoms with Crippen molar-refractivity contribution in [3.05, 3.63) is 0 Å². The molecular formula is C14H23NO11. The molecule has 12 heteroatoms. The molecule has 0 saturated carbocycles. The molecule has 0 aliphatic heterocycles. The maximum absolute atomic E-state index is 11.7. The van der Waals surface area contributed by atoms with Gasteiger partial charge in [0, 0.05) is 0 Å². The molecule has 0 aliphatic carbocycles. The molecule has 0 aromatic rings. The van der Waals surface area contributed by atoms with Gasteiger partial charge in [-0.15, -0.1) is 0 Å². The molecule has 0 radical (unpaired) electrons. The Labute approximate surface area is 148 Å². The van der Waals surface area contributed by atoms with Crippen molar-refractivity contribution in [2.24, 2.45) is 5.73 Å². The monoisotopic (exact) mass is 381 g/mol. The fraction of sp³-hybridized carbons (Fsp3) is 0.714. The number of primary amides is 1. The molecule has 12 nitrogen and oxygen atoms in total. The summed E-state index contributed by atoms with van der Waals surface area (Å²) >= 11 is 0. The van der Waals surface area contributed by atoms with Crippen LogP contribution in [0.4, 0.5) is 0 Å². The van der Waals surface area contributed by atoms with Crippen molar-refractivity contribution in [2.75, 3.05) is 13.2 Å². The number of rotatable bonds is 12. The van der Waals surface area contributed by atoms with E-state index >= 15 is 0 Å². The Morgan fingerprint density at radius 3 is 2.08 bits per heavy atom. The lowest BCUT2D eigenvalue weighted by Gasteiger charge is -2.24. The summed E-state index contributed by atoms with van der Waals surface area (Å²) in [6.07, 6.45) is -10.8. The summed E-state index contributed by atoms with van der Waals surface area (Å²) in [5, 5.41) is 46.3. The number of aliphatic hydroxyl groups is 5. The van der Waals surface area contributed by atoms with Crippen LogP contribution in [0.1, 0.15) is 19.8 Å². The largest absolute Gasteiger partial charge is 0.453 e. The first-order chi connectivity index (χ1) is 12.0. The number of ether oxygens (including phenoxy) is 2. The van der Waals surface area contributed by atoms with Crippen molar-refractivity contribution in [3.8, 4) is 0 Å². The van der Waals surface area contributed by atoms with Crippen molar-refractivity contribution in [3.63, 3.8) is 0 Å². The zero-order valence-electron chi connectivity index (χ0n) is 14.0. The molecule has 7 N–H and O–H groups in total. The van der Waals surface area contributed by atoms with E-state index in [0.717, 1.165) is 0 Å². The van der Waals surface area contributed by atoms with Gasteiger partial charge in [0.2, 0.25) is 0 Å². The Bertz CT molecular complexity index is 509. The van der Waals surface area contributed by atoms with E-state index in [1.54, 1.807) is 0 Å². The van der Waals surface area contributed by atoms with Crippen LogP contribution in [0.15, 0.2) is 0 Å². The molecule has 0 bridgehead atoms. The summed E-state index contributed by atoms with van der Waals surface area (Å²) in [6, 6.07) is 0. The molecule has 0 aliphatic rings. The van der Waals surface area contributed by atoms with Crippen LogP contribution in [-0.4, -0.2) is 92.9 Å². The molecule has 26 heavy (non-hydrogen) atoms. The first kappa shape index (κ1) is 23.9. The van der Waals surface area contributed by atoms with Crippen LogP contribution in [0.25, 0.3) is 0 Å². The van der Waals surface area contributed by atoms with Gasteiger partial charge in [0.25, 0.3) is 5.91 Å². The first-order valence-electron chi connectivity index (χ1n) is 7.55. The number of nitrogens with two attached hydrogens (primary N) is 1. The van der Waals surface area contributed by atoms with Crippen LogP contribution >= 0.6 is 0 Å². The lowest BCUT2D eigenvalue weighted by Crippen LogP contribution is -2.49. The second-order valence-electron chi connectivity index (χ2n) is 5.28. The van der Waals surface area contributed by atoms with Gasteiger partial charge in [0.15, 0.2) is 18.5 Å². The van der Waals surface area contributed by atoms with Crippen LogP contribution in [-0.2, 0) is 28.7 Å². The Hall–Kier alpha value is -2.12. The second-order valence-corrected chi connectivity index (χ2v) is 5.28. The SMILES string of the molecule is CCC(OC(=O)CC(=O)[C@H](O)[C@@H](O)[C@H](O)[C@H](O)CO)C(=O)OCC(N)=O. The van der Waals surface area contributed by atoms with E-state index in [4.69, 9.17) is 20.7 Å². The number of hydrogen-bond acceptors (Lipinski definition) is 11. The van der Waals surface area contributed by atoms with Gasteiger partial charge < -0.3 is 40.7 Å². The second kappa shape index (κ2) is 11.5. The van der Waals surface area contributed by atoms with Crippen LogP contribution in [0.2, 0.25) is 0 Å². The predicted molar refractivity (Wildman–Crippen MR) is 81.1 cm³/mol. The van der Waals surface area contributed by atoms with Gasteiger partial charge in [-0.1, -0.05) is 6.92 Å². The molecule has 0 fully saturated rings. The van der Waals surface area contributed by atoms with Crippen LogP contribution in [0.5, 0.6) is 0 Å². The molecule has 0 aromatic heterocycles. The number of amides is 1. The lowest BCUT2D eigenvalue weighted by atomic mass is 9.99. The molecule has 150 valence electrons. The van der Waals surface area contributed by atoms with Crippen LogP contribution < -0.4 is 5.73 Å². The van der Waals surface area contributed by atoms with Crippen molar-refractivity contribution in [1.82, 2.24) is 0 Å². The Morgan fingerprint density at radius 1 is 1.04 bits per heavy atom. The van der Waals surface area contributed by atoms with Crippen molar-refractivity contribution in [1.29, 1.82) is 0 Å². The van der Waals surface area contributed by atoms with E-state index in [1.165, 1.54) is 6.92 Å². The Morgan fingerprint density at radius 2 is 1.62 bits per heavy atom. The fourth-order valence-electron chi connectivity index (χ4n) is 1.69. The normalized spacial score (nSPS) is 16.7. The first-order valence-corrected chi connectivity index (χ1v) is 7.55. The number of ketones is 1. The molecular weight excluding hydrogens is 358 g/mol. The van der Waals surface area contributed by atoms with Crippen molar-refractivity contribution in [2.45, 2.75) is 50.3 Å². The molecule has 0 saturated heterocycles. The Balaban J connectivity index is 4.66. The van der Waals surface area contributed by atoms with E-state index in [2.05, 4.69) is 4.74 Å². The standard InChI is InChI=1S/C14H23NO11/c1-2-8(14(24)25-5-9(15)19)26-10(20)3-6(17)11(21)13(23)12(22)7(18)4-16/h7-8,11-13,16,18,21-23H,2-5H2,1H3,(H2,15,19)/t7-,8?,11+,12-,13-/m1/s1. The highest BCUT2D eigenvalue weighted by Gasteiger charge is 2.35. The third-order valence-corrected chi connectivity index (χ3v) is 3.17. The van der Waals surface area contributed by atoms with Gasteiger partial charge in [0.1, 0.15) is 30.8 Å². The molecule has 0 spiro atoms. The summed E-state index contributed by atoms with van der Waals surface area (Å²) in [6.45, 7) is -0.203. The maximum atomic E-state index is 11.7. The zero-order chi connectivity index (χ0) is 20.4. The van der Waals surface area contributed by atoms with Gasteiger partial charge in [0.05, 0.1) is 6.61 Å². The topological polar surface area (TPSA) is 214 Å². The van der Waals surface area contributed by atoms with E-state index < -0.39 is 73.8 Å². The smallest absolute Gasteiger partial charge is 0.347 e. The quantitative estimate of drug-likeness (QED) is 0.140. The van der Waals surface area contributed by atoms with Crippen molar-refractivity contribution < 1.29 is 54.2 Å². The van der Waals surface area contributed by atoms with Gasteiger partial charge in [-0.3, -0.25) is 14.4 Å². The minimum Gasteiger partial charge on any atom is -0.453 e. The molecule has 0 rings (SSSR count). The van der Waals surface area contributed by atoms with Crippen molar-refractivity contribution >= 4 is 23.6 Å². The summed E-state index contributed by atoms with van der Waals surface area (Å²) in [5.74, 6) is -4.47. The van der Waals surface area contributed by atoms with Gasteiger partial charge >= 0.3 is 11.9 Å². The highest BCUT2D eigenvalue weighted by atomic mass is 16.6. The van der Waals surface area contributed by atoms with Gasteiger partial charge in [-0.05, 0) is 6.42 Å². The van der Waals surface area contributed by atoms with Gasteiger partial charge in [-0.25, -0.2) is 4.79 Å². The number of aliphatic hydroxyl groups excluding tert-OH is 5. The number of hydrogen-bond donors (Lipinski definition) is 6. The molecule has 5 atom stereocenters. The number of carbonyl (C=O) groups is 4. The highest BCUT2D eigenvalue weighted by Crippen LogP contribution is 2.09. The third-order valence-electron chi connectivity index (χ3n) is 3.17. The van der Waals surface area contributed by atoms with E-state index in [-0.39, 0.29) is 6.42 Å². The number of Topliss-reactive ketones (excluding diaryl/α,β-unsaturated/α-hetero) is 1. The zero-order valence-corrected chi connectivity index (χ0v) is 14.0. The number of carbonyl (C=O) groups excluding carboxylic acids is 4. The number of esters is 2. The molecule has 1 amide bonds. The predicted octanol–water partition coefficient (Wildman–Crippen LogP) is -4.27. The average Bonchev–Trinajstić information content (AvgIpc) is 2.61. The van der Waals surface area contributed by atoms with E-state index in [9.17, 15) is 34.5 Å². The summed E-state index contributed by atoms with van der Waals surface area (Å²) < 4.78 is 9.16. The highest BCUT2D eigenvalue weighted by molar-refractivity contribution is 5.98. The van der Waals surface area contributed by atoms with E-state index in [0.29, 0.717) is 0 Å². The van der Waals surface area contributed by atoms with E-state index in [1.807, 2.05) is 0 Å². The third kappa shape index (κ3) is 7.84. The van der Waals surface area contributed by atoms with Crippen LogP contribution in [0, 0.1) is 0 Å². The summed E-state index contributed by atoms with van der Waals surface area (Å²) in [4.78, 5) is 45.5. The average molecular weight is 381 g/mol. The molecule has 0 heterocycles. The fourth-order valence-corrected chi connectivity index (χ4v) is 1.69.